The average Bonchev–Trinajstić information content (AvgIpc) is 2.72. The summed E-state index contributed by atoms with van der Waals surface area (Å²) in [5.74, 6) is 3.16. The second-order valence-corrected chi connectivity index (χ2v) is 6.14. The normalized spacial score (nSPS) is 10.7. The van der Waals surface area contributed by atoms with Crippen LogP contribution in [0, 0.1) is 0 Å². The van der Waals surface area contributed by atoms with Gasteiger partial charge in [-0.3, -0.25) is 0 Å². The Morgan fingerprint density at radius 1 is 0.931 bits per heavy atom. The lowest BCUT2D eigenvalue weighted by atomic mass is 10.1. The van der Waals surface area contributed by atoms with Crippen molar-refractivity contribution in [1.82, 2.24) is 10.6 Å². The molecule has 2 aromatic carbocycles. The maximum Gasteiger partial charge on any atom is 0.191 e. The van der Waals surface area contributed by atoms with Gasteiger partial charge in [-0.05, 0) is 55.7 Å². The second kappa shape index (κ2) is 13.9. The number of nitrogens with one attached hydrogen (secondary N) is 2. The van der Waals surface area contributed by atoms with Gasteiger partial charge in [0.25, 0.3) is 0 Å². The van der Waals surface area contributed by atoms with Crippen molar-refractivity contribution >= 4 is 29.9 Å². The smallest absolute Gasteiger partial charge is 0.191 e. The Kier molecular flexibility index (Phi) is 11.9. The molecule has 0 aliphatic rings. The predicted octanol–water partition coefficient (Wildman–Crippen LogP) is 4.02. The first kappa shape index (κ1) is 24.9. The van der Waals surface area contributed by atoms with E-state index in [2.05, 4.69) is 28.6 Å². The SMILES string of the molecule is CCNC(=NCc1cccc(OCC)c1)NCCc1ccc(OC)c(OC)c1.I. The van der Waals surface area contributed by atoms with Gasteiger partial charge in [-0.2, -0.15) is 0 Å². The first-order chi connectivity index (χ1) is 13.7. The molecule has 0 aromatic heterocycles. The zero-order chi connectivity index (χ0) is 20.2. The second-order valence-electron chi connectivity index (χ2n) is 6.14. The number of methoxy groups -OCH3 is 2. The first-order valence-electron chi connectivity index (χ1n) is 9.65. The van der Waals surface area contributed by atoms with Crippen LogP contribution >= 0.6 is 24.0 Å². The molecule has 0 atom stereocenters. The van der Waals surface area contributed by atoms with Crippen molar-refractivity contribution in [2.75, 3.05) is 33.9 Å². The summed E-state index contributed by atoms with van der Waals surface area (Å²) in [6.45, 7) is 6.86. The van der Waals surface area contributed by atoms with E-state index in [0.717, 1.165) is 48.3 Å². The minimum absolute atomic E-state index is 0. The number of halogens is 1. The number of hydrogen-bond acceptors (Lipinski definition) is 4. The molecule has 2 aromatic rings. The van der Waals surface area contributed by atoms with Gasteiger partial charge in [0.05, 0.1) is 27.4 Å². The highest BCUT2D eigenvalue weighted by Gasteiger charge is 2.05. The molecule has 0 unspecified atom stereocenters. The van der Waals surface area contributed by atoms with Crippen molar-refractivity contribution < 1.29 is 14.2 Å². The zero-order valence-corrected chi connectivity index (χ0v) is 20.0. The number of guanidine groups is 1. The summed E-state index contributed by atoms with van der Waals surface area (Å²) in [4.78, 5) is 4.67. The van der Waals surface area contributed by atoms with Crippen molar-refractivity contribution in [3.8, 4) is 17.2 Å². The Morgan fingerprint density at radius 2 is 1.72 bits per heavy atom. The molecule has 0 bridgehead atoms. The molecule has 2 rings (SSSR count). The summed E-state index contributed by atoms with van der Waals surface area (Å²) in [6, 6.07) is 14.0. The molecule has 29 heavy (non-hydrogen) atoms. The minimum atomic E-state index is 0. The van der Waals surface area contributed by atoms with Crippen LogP contribution in [0.4, 0.5) is 0 Å². The van der Waals surface area contributed by atoms with Gasteiger partial charge >= 0.3 is 0 Å². The quantitative estimate of drug-likeness (QED) is 0.286. The first-order valence-corrected chi connectivity index (χ1v) is 9.65. The van der Waals surface area contributed by atoms with E-state index in [4.69, 9.17) is 14.2 Å². The summed E-state index contributed by atoms with van der Waals surface area (Å²) in [5, 5.41) is 6.66. The van der Waals surface area contributed by atoms with Crippen molar-refractivity contribution in [3.63, 3.8) is 0 Å². The Balaban J connectivity index is 0.00000420. The lowest BCUT2D eigenvalue weighted by Crippen LogP contribution is -2.38. The molecule has 6 nitrogen and oxygen atoms in total. The van der Waals surface area contributed by atoms with Crippen LogP contribution in [-0.4, -0.2) is 39.9 Å². The number of nitrogens with zero attached hydrogens (tertiary/aromatic N) is 1. The third-order valence-electron chi connectivity index (χ3n) is 4.13. The van der Waals surface area contributed by atoms with Crippen LogP contribution in [0.1, 0.15) is 25.0 Å². The number of aliphatic imine (C=N–C) groups is 1. The third kappa shape index (κ3) is 8.39. The molecular formula is C22H32IN3O3. The largest absolute Gasteiger partial charge is 0.494 e. The molecular weight excluding hydrogens is 481 g/mol. The molecule has 0 aliphatic heterocycles. The monoisotopic (exact) mass is 513 g/mol. The van der Waals surface area contributed by atoms with Crippen molar-refractivity contribution in [2.45, 2.75) is 26.8 Å². The van der Waals surface area contributed by atoms with E-state index in [9.17, 15) is 0 Å². The highest BCUT2D eigenvalue weighted by Crippen LogP contribution is 2.27. The Bertz CT molecular complexity index is 769. The molecule has 0 saturated heterocycles. The van der Waals surface area contributed by atoms with E-state index >= 15 is 0 Å². The molecule has 0 spiro atoms. The van der Waals surface area contributed by atoms with E-state index in [0.29, 0.717) is 13.2 Å². The highest BCUT2D eigenvalue weighted by atomic mass is 127. The highest BCUT2D eigenvalue weighted by molar-refractivity contribution is 14.0. The maximum atomic E-state index is 5.55. The number of benzene rings is 2. The van der Waals surface area contributed by atoms with Gasteiger partial charge in [-0.1, -0.05) is 18.2 Å². The molecule has 7 heteroatoms. The summed E-state index contributed by atoms with van der Waals surface area (Å²) in [7, 11) is 3.29. The van der Waals surface area contributed by atoms with Crippen LogP contribution in [0.25, 0.3) is 0 Å². The molecule has 0 aliphatic carbocycles. The van der Waals surface area contributed by atoms with Gasteiger partial charge in [0, 0.05) is 13.1 Å². The Hall–Kier alpha value is -2.16. The fraction of sp³-hybridized carbons (Fsp3) is 0.409. The van der Waals surface area contributed by atoms with E-state index in [1.165, 1.54) is 5.56 Å². The van der Waals surface area contributed by atoms with E-state index < -0.39 is 0 Å². The summed E-state index contributed by atoms with van der Waals surface area (Å²) < 4.78 is 16.2. The molecule has 0 radical (unpaired) electrons. The standard InChI is InChI=1S/C22H31N3O3.HI/c1-5-23-22(25-16-18-8-7-9-19(14-18)28-6-2)24-13-12-17-10-11-20(26-3)21(15-17)27-4;/h7-11,14-15H,5-6,12-13,16H2,1-4H3,(H2,23,24,25);1H. The topological polar surface area (TPSA) is 64.1 Å². The van der Waals surface area contributed by atoms with Crippen molar-refractivity contribution in [2.24, 2.45) is 4.99 Å². The van der Waals surface area contributed by atoms with Crippen LogP contribution < -0.4 is 24.8 Å². The Labute approximate surface area is 191 Å². The van der Waals surface area contributed by atoms with E-state index in [1.807, 2.05) is 43.3 Å². The van der Waals surface area contributed by atoms with Crippen molar-refractivity contribution in [1.29, 1.82) is 0 Å². The molecule has 0 saturated carbocycles. The minimum Gasteiger partial charge on any atom is -0.494 e. The van der Waals surface area contributed by atoms with Gasteiger partial charge < -0.3 is 24.8 Å². The fourth-order valence-corrected chi connectivity index (χ4v) is 2.77. The number of ether oxygens (including phenoxy) is 3. The third-order valence-corrected chi connectivity index (χ3v) is 4.13. The van der Waals surface area contributed by atoms with Gasteiger partial charge in [0.1, 0.15) is 5.75 Å². The molecule has 2 N–H and O–H groups in total. The lowest BCUT2D eigenvalue weighted by molar-refractivity contribution is 0.340. The van der Waals surface area contributed by atoms with Crippen LogP contribution in [0.2, 0.25) is 0 Å². The summed E-state index contributed by atoms with van der Waals surface area (Å²) in [6.07, 6.45) is 0.852. The zero-order valence-electron chi connectivity index (χ0n) is 17.7. The van der Waals surface area contributed by atoms with Gasteiger partial charge in [0.2, 0.25) is 0 Å². The van der Waals surface area contributed by atoms with Crippen molar-refractivity contribution in [3.05, 3.63) is 53.6 Å². The molecule has 0 fully saturated rings. The van der Waals surface area contributed by atoms with E-state index in [1.54, 1.807) is 14.2 Å². The fourth-order valence-electron chi connectivity index (χ4n) is 2.77. The van der Waals surface area contributed by atoms with Crippen LogP contribution in [0.5, 0.6) is 17.2 Å². The molecule has 160 valence electrons. The maximum absolute atomic E-state index is 5.55. The van der Waals surface area contributed by atoms with E-state index in [-0.39, 0.29) is 24.0 Å². The summed E-state index contributed by atoms with van der Waals surface area (Å²) in [5.41, 5.74) is 2.29. The Morgan fingerprint density at radius 3 is 2.41 bits per heavy atom. The molecule has 0 amide bonds. The predicted molar refractivity (Wildman–Crippen MR) is 129 cm³/mol. The van der Waals surface area contributed by atoms with Crippen LogP contribution in [-0.2, 0) is 13.0 Å². The number of rotatable bonds is 10. The number of hydrogen-bond donors (Lipinski definition) is 2. The molecule has 0 heterocycles. The average molecular weight is 513 g/mol. The van der Waals surface area contributed by atoms with Crippen LogP contribution in [0.3, 0.4) is 0 Å². The van der Waals surface area contributed by atoms with Crippen LogP contribution in [0.15, 0.2) is 47.5 Å². The van der Waals surface area contributed by atoms with Gasteiger partial charge in [-0.25, -0.2) is 4.99 Å². The van der Waals surface area contributed by atoms with Gasteiger partial charge in [0.15, 0.2) is 17.5 Å². The lowest BCUT2D eigenvalue weighted by Gasteiger charge is -2.13. The summed E-state index contributed by atoms with van der Waals surface area (Å²) >= 11 is 0. The van der Waals surface area contributed by atoms with Gasteiger partial charge in [-0.15, -0.1) is 24.0 Å².